The molecule has 2 saturated carbocycles. The second kappa shape index (κ2) is 4.71. The van der Waals surface area contributed by atoms with Crippen molar-refractivity contribution in [1.29, 1.82) is 0 Å². The molecule has 0 saturated heterocycles. The van der Waals surface area contributed by atoms with Crippen molar-refractivity contribution in [3.63, 3.8) is 0 Å². The summed E-state index contributed by atoms with van der Waals surface area (Å²) >= 11 is 0.759. The van der Waals surface area contributed by atoms with Gasteiger partial charge >= 0.3 is 4.87 Å². The van der Waals surface area contributed by atoms with E-state index in [1.807, 2.05) is 0 Å². The smallest absolute Gasteiger partial charge is 0.305 e. The number of aryl methyl sites for hydroxylation is 1. The van der Waals surface area contributed by atoms with E-state index >= 15 is 0 Å². The Morgan fingerprint density at radius 3 is 2.32 bits per heavy atom. The van der Waals surface area contributed by atoms with E-state index in [1.54, 1.807) is 6.92 Å². The number of nitrogens with one attached hydrogen (secondary N) is 2. The molecule has 106 valence electrons. The van der Waals surface area contributed by atoms with E-state index in [2.05, 4.69) is 9.71 Å². The van der Waals surface area contributed by atoms with Crippen LogP contribution in [0.1, 0.15) is 31.4 Å². The molecular formula is C12H18N2O3S2. The minimum absolute atomic E-state index is 0.128. The zero-order valence-corrected chi connectivity index (χ0v) is 12.4. The van der Waals surface area contributed by atoms with Gasteiger partial charge in [0.2, 0.25) is 0 Å². The lowest BCUT2D eigenvalue weighted by Gasteiger charge is -2.15. The van der Waals surface area contributed by atoms with Crippen LogP contribution in [0, 0.1) is 24.7 Å². The fourth-order valence-corrected chi connectivity index (χ4v) is 5.10. The Balaban J connectivity index is 1.71. The first-order chi connectivity index (χ1) is 8.97. The molecule has 2 aliphatic rings. The zero-order chi connectivity index (χ0) is 13.6. The van der Waals surface area contributed by atoms with Crippen molar-refractivity contribution in [2.24, 2.45) is 17.8 Å². The van der Waals surface area contributed by atoms with Crippen LogP contribution in [-0.4, -0.2) is 19.9 Å². The van der Waals surface area contributed by atoms with Crippen molar-refractivity contribution in [3.8, 4) is 0 Å². The minimum Gasteiger partial charge on any atom is -0.315 e. The van der Waals surface area contributed by atoms with E-state index in [9.17, 15) is 13.2 Å². The van der Waals surface area contributed by atoms with Crippen molar-refractivity contribution < 1.29 is 8.42 Å². The molecule has 1 heterocycles. The Morgan fingerprint density at radius 1 is 1.32 bits per heavy atom. The van der Waals surface area contributed by atoms with Gasteiger partial charge < -0.3 is 4.98 Å². The molecule has 19 heavy (non-hydrogen) atoms. The fraction of sp³-hybridized carbons (Fsp3) is 0.750. The maximum absolute atomic E-state index is 12.2. The van der Waals surface area contributed by atoms with Gasteiger partial charge in [-0.2, -0.15) is 0 Å². The predicted octanol–water partition coefficient (Wildman–Crippen LogP) is 1.46. The molecule has 2 N–H and O–H groups in total. The molecule has 0 unspecified atom stereocenters. The Labute approximate surface area is 116 Å². The van der Waals surface area contributed by atoms with Gasteiger partial charge in [-0.3, -0.25) is 4.79 Å². The van der Waals surface area contributed by atoms with Crippen LogP contribution in [0.15, 0.2) is 9.00 Å². The first kappa shape index (κ1) is 13.3. The van der Waals surface area contributed by atoms with Crippen LogP contribution >= 0.6 is 11.3 Å². The largest absolute Gasteiger partial charge is 0.315 e. The third-order valence-corrected chi connectivity index (χ3v) is 7.02. The summed E-state index contributed by atoms with van der Waals surface area (Å²) in [4.78, 5) is 13.4. The highest BCUT2D eigenvalue weighted by atomic mass is 32.2. The summed E-state index contributed by atoms with van der Waals surface area (Å²) in [5.41, 5.74) is 0.428. The number of aromatic nitrogens is 1. The van der Waals surface area contributed by atoms with Gasteiger partial charge in [0.15, 0.2) is 4.21 Å². The minimum atomic E-state index is -3.54. The highest BCUT2D eigenvalue weighted by molar-refractivity contribution is 7.91. The topological polar surface area (TPSA) is 79.0 Å². The van der Waals surface area contributed by atoms with Gasteiger partial charge in [0.1, 0.15) is 0 Å². The summed E-state index contributed by atoms with van der Waals surface area (Å²) in [6, 6.07) is 0. The third-order valence-electron chi connectivity index (χ3n) is 3.99. The van der Waals surface area contributed by atoms with Crippen molar-refractivity contribution >= 4 is 21.4 Å². The molecule has 3 rings (SSSR count). The SMILES string of the molecule is Cc1[nH]c(=O)sc1S(=O)(=O)NCC(C1CC1)C1CC1. The second-order valence-corrected chi connectivity index (χ2v) is 8.56. The number of rotatable bonds is 6. The number of thiazole rings is 1. The average Bonchev–Trinajstić information content (AvgIpc) is 3.20. The van der Waals surface area contributed by atoms with E-state index in [4.69, 9.17) is 0 Å². The van der Waals surface area contributed by atoms with Gasteiger partial charge in [-0.1, -0.05) is 11.3 Å². The molecule has 0 bridgehead atoms. The standard InChI is InChI=1S/C12H18N2O3S2/c1-7-11(18-12(15)14-7)19(16,17)13-6-10(8-2-3-8)9-4-5-9/h8-10,13H,2-6H2,1H3,(H,14,15). The van der Waals surface area contributed by atoms with Gasteiger partial charge in [-0.05, 0) is 50.4 Å². The predicted molar refractivity (Wildman–Crippen MR) is 73.8 cm³/mol. The summed E-state index contributed by atoms with van der Waals surface area (Å²) in [5, 5.41) is 0. The van der Waals surface area contributed by atoms with Crippen LogP contribution < -0.4 is 9.60 Å². The molecule has 0 spiro atoms. The summed E-state index contributed by atoms with van der Waals surface area (Å²) in [7, 11) is -3.54. The molecule has 1 aromatic heterocycles. The maximum atomic E-state index is 12.2. The number of sulfonamides is 1. The molecule has 1 aromatic rings. The monoisotopic (exact) mass is 302 g/mol. The van der Waals surface area contributed by atoms with Crippen LogP contribution in [-0.2, 0) is 10.0 Å². The van der Waals surface area contributed by atoms with Gasteiger partial charge in [0.25, 0.3) is 10.0 Å². The Kier molecular flexibility index (Phi) is 3.31. The molecule has 0 amide bonds. The van der Waals surface area contributed by atoms with Crippen LogP contribution in [0.2, 0.25) is 0 Å². The highest BCUT2D eigenvalue weighted by Gasteiger charge is 2.41. The fourth-order valence-electron chi connectivity index (χ4n) is 2.69. The van der Waals surface area contributed by atoms with E-state index in [1.165, 1.54) is 25.7 Å². The normalized spacial score (nSPS) is 20.1. The molecule has 7 heteroatoms. The Hall–Kier alpha value is -0.660. The van der Waals surface area contributed by atoms with E-state index in [0.29, 0.717) is 30.0 Å². The molecule has 2 fully saturated rings. The summed E-state index contributed by atoms with van der Waals surface area (Å²) in [5.74, 6) is 1.91. The van der Waals surface area contributed by atoms with Crippen molar-refractivity contribution in [3.05, 3.63) is 15.4 Å². The van der Waals surface area contributed by atoms with Crippen LogP contribution in [0.3, 0.4) is 0 Å². The van der Waals surface area contributed by atoms with Crippen molar-refractivity contribution in [1.82, 2.24) is 9.71 Å². The van der Waals surface area contributed by atoms with Crippen LogP contribution in [0.5, 0.6) is 0 Å². The lowest BCUT2D eigenvalue weighted by Crippen LogP contribution is -2.31. The maximum Gasteiger partial charge on any atom is 0.305 e. The lowest BCUT2D eigenvalue weighted by molar-refractivity contribution is 0.401. The van der Waals surface area contributed by atoms with Crippen LogP contribution in [0.4, 0.5) is 0 Å². The highest BCUT2D eigenvalue weighted by Crippen LogP contribution is 2.48. The van der Waals surface area contributed by atoms with E-state index < -0.39 is 10.0 Å². The summed E-state index contributed by atoms with van der Waals surface area (Å²) in [6.07, 6.45) is 4.94. The molecular weight excluding hydrogens is 284 g/mol. The molecule has 2 aliphatic carbocycles. The van der Waals surface area contributed by atoms with Gasteiger partial charge in [-0.25, -0.2) is 13.1 Å². The Morgan fingerprint density at radius 2 is 1.89 bits per heavy atom. The zero-order valence-electron chi connectivity index (χ0n) is 10.8. The number of aromatic amines is 1. The number of hydrogen-bond donors (Lipinski definition) is 2. The van der Waals surface area contributed by atoms with E-state index in [0.717, 1.165) is 11.3 Å². The van der Waals surface area contributed by atoms with E-state index in [-0.39, 0.29) is 9.08 Å². The molecule has 0 atom stereocenters. The molecule has 5 nitrogen and oxygen atoms in total. The van der Waals surface area contributed by atoms with Crippen LogP contribution in [0.25, 0.3) is 0 Å². The Bertz CT molecular complexity index is 612. The first-order valence-electron chi connectivity index (χ1n) is 6.67. The number of H-pyrrole nitrogens is 1. The quantitative estimate of drug-likeness (QED) is 0.835. The molecule has 0 aromatic carbocycles. The second-order valence-electron chi connectivity index (χ2n) is 5.62. The first-order valence-corrected chi connectivity index (χ1v) is 8.97. The summed E-state index contributed by atoms with van der Waals surface area (Å²) < 4.78 is 27.2. The number of hydrogen-bond acceptors (Lipinski definition) is 4. The average molecular weight is 302 g/mol. The van der Waals surface area contributed by atoms with Crippen molar-refractivity contribution in [2.45, 2.75) is 36.8 Å². The summed E-state index contributed by atoms with van der Waals surface area (Å²) in [6.45, 7) is 2.13. The van der Waals surface area contributed by atoms with Crippen molar-refractivity contribution in [2.75, 3.05) is 6.54 Å². The molecule has 0 aliphatic heterocycles. The lowest BCUT2D eigenvalue weighted by atomic mass is 9.99. The van der Waals surface area contributed by atoms with Gasteiger partial charge in [0, 0.05) is 12.2 Å². The van der Waals surface area contributed by atoms with Gasteiger partial charge in [-0.15, -0.1) is 0 Å². The molecule has 0 radical (unpaired) electrons. The van der Waals surface area contributed by atoms with Gasteiger partial charge in [0.05, 0.1) is 0 Å². The third kappa shape index (κ3) is 2.93.